The van der Waals surface area contributed by atoms with Crippen molar-refractivity contribution in [3.05, 3.63) is 0 Å². The predicted molar refractivity (Wildman–Crippen MR) is 10.0 cm³/mol. The fraction of sp³-hybridized carbons (Fsp3) is 0. The van der Waals surface area contributed by atoms with Gasteiger partial charge in [0.15, 0.2) is 0 Å². The van der Waals surface area contributed by atoms with Crippen molar-refractivity contribution in [1.82, 2.24) is 0 Å². The largest absolute Gasteiger partial charge is 3.00 e. The standard InChI is InChI=1S/C2H2O4.ClH.Cr/c3-1(4)2(5)6;;/h(H,3,4)(H,5,6);1H;/q;;+3/p-3. The van der Waals surface area contributed by atoms with Gasteiger partial charge in [-0.15, -0.1) is 0 Å². The number of carbonyl (C=O) groups is 2. The van der Waals surface area contributed by atoms with E-state index in [1.807, 2.05) is 0 Å². The SMILES string of the molecule is O=C([O-])C(=O)[O-].[Cl-].[Cr+3]. The van der Waals surface area contributed by atoms with Crippen molar-refractivity contribution in [3.63, 3.8) is 0 Å². The van der Waals surface area contributed by atoms with E-state index in [1.54, 1.807) is 0 Å². The van der Waals surface area contributed by atoms with E-state index in [-0.39, 0.29) is 29.8 Å². The van der Waals surface area contributed by atoms with Crippen molar-refractivity contribution in [1.29, 1.82) is 0 Å². The smallest absolute Gasteiger partial charge is 1.00 e. The van der Waals surface area contributed by atoms with E-state index in [9.17, 15) is 0 Å². The molecule has 1 radical (unpaired) electrons. The van der Waals surface area contributed by atoms with E-state index in [0.717, 1.165) is 0 Å². The van der Waals surface area contributed by atoms with E-state index < -0.39 is 11.9 Å². The maximum absolute atomic E-state index is 8.93. The van der Waals surface area contributed by atoms with Gasteiger partial charge in [-0.25, -0.2) is 0 Å². The third kappa shape index (κ3) is 9.23. The molecule has 0 aromatic rings. The van der Waals surface area contributed by atoms with E-state index in [4.69, 9.17) is 19.8 Å². The zero-order chi connectivity index (χ0) is 5.15. The first kappa shape index (κ1) is 15.7. The van der Waals surface area contributed by atoms with Gasteiger partial charge < -0.3 is 32.2 Å². The molecule has 0 bridgehead atoms. The molecule has 0 aromatic heterocycles. The molecule has 45 valence electrons. The first-order chi connectivity index (χ1) is 2.64. The molecule has 0 unspecified atom stereocenters. The number of carboxylic acids is 2. The molecular formula is C2ClCrO4. The zero-order valence-electron chi connectivity index (χ0n) is 3.42. The average molecular weight is 175 g/mol. The third-order valence-corrected chi connectivity index (χ3v) is 0.167. The van der Waals surface area contributed by atoms with Gasteiger partial charge in [-0.3, -0.25) is 0 Å². The van der Waals surface area contributed by atoms with Crippen molar-refractivity contribution < 1.29 is 49.6 Å². The summed E-state index contributed by atoms with van der Waals surface area (Å²) in [6.45, 7) is 0. The Morgan fingerprint density at radius 2 is 1.12 bits per heavy atom. The molecule has 0 aliphatic rings. The molecule has 8 heavy (non-hydrogen) atoms. The van der Waals surface area contributed by atoms with Crippen LogP contribution in [0.1, 0.15) is 0 Å². The third-order valence-electron chi connectivity index (χ3n) is 0.167. The Morgan fingerprint density at radius 3 is 1.12 bits per heavy atom. The fourth-order valence-electron chi connectivity index (χ4n) is 0. The molecule has 0 rings (SSSR count). The summed E-state index contributed by atoms with van der Waals surface area (Å²) in [7, 11) is 0. The Balaban J connectivity index is -0.000000125. The van der Waals surface area contributed by atoms with Crippen molar-refractivity contribution in [3.8, 4) is 0 Å². The quantitative estimate of drug-likeness (QED) is 0.343. The summed E-state index contributed by atoms with van der Waals surface area (Å²) in [5.74, 6) is -4.37. The van der Waals surface area contributed by atoms with Crippen LogP contribution in [0.3, 0.4) is 0 Å². The predicted octanol–water partition coefficient (Wildman–Crippen LogP) is -6.51. The summed E-state index contributed by atoms with van der Waals surface area (Å²) >= 11 is 0. The molecule has 6 heteroatoms. The minimum Gasteiger partial charge on any atom is -1.00 e. The van der Waals surface area contributed by atoms with Crippen molar-refractivity contribution >= 4 is 11.9 Å². The maximum atomic E-state index is 8.93. The van der Waals surface area contributed by atoms with Gasteiger partial charge in [0, 0.05) is 0 Å². The Bertz CT molecular complexity index is 80.0. The van der Waals surface area contributed by atoms with Gasteiger partial charge in [0.25, 0.3) is 0 Å². The van der Waals surface area contributed by atoms with Gasteiger partial charge in [0.1, 0.15) is 0 Å². The number of aliphatic carboxylic acids is 2. The van der Waals surface area contributed by atoms with Crippen LogP contribution in [0, 0.1) is 0 Å². The van der Waals surface area contributed by atoms with Crippen molar-refractivity contribution in [2.45, 2.75) is 0 Å². The maximum Gasteiger partial charge on any atom is 3.00 e. The van der Waals surface area contributed by atoms with Crippen LogP contribution in [0.15, 0.2) is 0 Å². The van der Waals surface area contributed by atoms with Gasteiger partial charge in [-0.05, 0) is 0 Å². The van der Waals surface area contributed by atoms with Crippen LogP contribution in [-0.2, 0) is 27.0 Å². The molecule has 0 saturated heterocycles. The van der Waals surface area contributed by atoms with E-state index in [1.165, 1.54) is 0 Å². The second-order valence-electron chi connectivity index (χ2n) is 0.575. The molecule has 0 fully saturated rings. The number of carbonyl (C=O) groups excluding carboxylic acids is 2. The van der Waals surface area contributed by atoms with Gasteiger partial charge in [0.2, 0.25) is 0 Å². The molecule has 0 N–H and O–H groups in total. The second-order valence-corrected chi connectivity index (χ2v) is 0.575. The van der Waals surface area contributed by atoms with Crippen molar-refractivity contribution in [2.75, 3.05) is 0 Å². The van der Waals surface area contributed by atoms with Crippen LogP contribution in [0.2, 0.25) is 0 Å². The Kier molecular flexibility index (Phi) is 13.2. The summed E-state index contributed by atoms with van der Waals surface area (Å²) < 4.78 is 0. The second kappa shape index (κ2) is 6.76. The molecular weight excluding hydrogens is 175 g/mol. The van der Waals surface area contributed by atoms with Crippen molar-refractivity contribution in [2.24, 2.45) is 0 Å². The molecule has 4 nitrogen and oxygen atoms in total. The van der Waals surface area contributed by atoms with Gasteiger partial charge in [0.05, 0.1) is 11.9 Å². The van der Waals surface area contributed by atoms with Crippen LogP contribution < -0.4 is 22.6 Å². The van der Waals surface area contributed by atoms with Gasteiger partial charge >= 0.3 is 17.4 Å². The summed E-state index contributed by atoms with van der Waals surface area (Å²) in [6.07, 6.45) is 0. The van der Waals surface area contributed by atoms with Crippen LogP contribution >= 0.6 is 0 Å². The molecule has 0 saturated carbocycles. The normalized spacial score (nSPS) is 5.50. The number of halogens is 1. The molecule has 0 atom stereocenters. The Morgan fingerprint density at radius 1 is 1.00 bits per heavy atom. The zero-order valence-corrected chi connectivity index (χ0v) is 5.45. The molecule has 0 aromatic carbocycles. The molecule has 0 amide bonds. The van der Waals surface area contributed by atoms with Crippen LogP contribution in [0.25, 0.3) is 0 Å². The number of hydrogen-bond donors (Lipinski definition) is 0. The van der Waals surface area contributed by atoms with E-state index >= 15 is 0 Å². The Hall–Kier alpha value is -0.238. The van der Waals surface area contributed by atoms with Gasteiger partial charge in [-0.1, -0.05) is 0 Å². The van der Waals surface area contributed by atoms with Gasteiger partial charge in [-0.2, -0.15) is 0 Å². The summed E-state index contributed by atoms with van der Waals surface area (Å²) in [6, 6.07) is 0. The first-order valence-corrected chi connectivity index (χ1v) is 1.07. The summed E-state index contributed by atoms with van der Waals surface area (Å²) in [4.78, 5) is 17.9. The van der Waals surface area contributed by atoms with Crippen LogP contribution in [-0.4, -0.2) is 11.9 Å². The summed E-state index contributed by atoms with van der Waals surface area (Å²) in [5, 5.41) is 17.9. The topological polar surface area (TPSA) is 80.3 Å². The van der Waals surface area contributed by atoms with Crippen LogP contribution in [0.4, 0.5) is 0 Å². The number of rotatable bonds is 0. The minimum atomic E-state index is -2.19. The first-order valence-electron chi connectivity index (χ1n) is 1.07. The number of hydrogen-bond acceptors (Lipinski definition) is 4. The minimum absolute atomic E-state index is 0. The van der Waals surface area contributed by atoms with E-state index in [2.05, 4.69) is 0 Å². The average Bonchev–Trinajstić information content (AvgIpc) is 1.36. The number of carboxylic acid groups (broad SMARTS) is 2. The molecule has 0 aliphatic heterocycles. The Labute approximate surface area is 62.0 Å². The molecule has 0 heterocycles. The summed E-state index contributed by atoms with van der Waals surface area (Å²) in [5.41, 5.74) is 0. The molecule has 0 aliphatic carbocycles. The monoisotopic (exact) mass is 175 g/mol. The van der Waals surface area contributed by atoms with Crippen LogP contribution in [0.5, 0.6) is 0 Å². The van der Waals surface area contributed by atoms with E-state index in [0.29, 0.717) is 0 Å². The molecule has 0 spiro atoms. The fourth-order valence-corrected chi connectivity index (χ4v) is 0.